The van der Waals surface area contributed by atoms with Crippen LogP contribution in [0.25, 0.3) is 11.0 Å². The van der Waals surface area contributed by atoms with Gasteiger partial charge in [0.2, 0.25) is 3.79 Å². The maximum Gasteiger partial charge on any atom is 0.249 e. The Morgan fingerprint density at radius 3 is 2.43 bits per heavy atom. The van der Waals surface area contributed by atoms with Gasteiger partial charge < -0.3 is 0 Å². The first-order valence-electron chi connectivity index (χ1n) is 3.71. The van der Waals surface area contributed by atoms with E-state index in [1.807, 2.05) is 24.3 Å². The molecule has 1 aromatic carbocycles. The molecule has 14 heavy (non-hydrogen) atoms. The summed E-state index contributed by atoms with van der Waals surface area (Å²) in [6, 6.07) is 7.51. The number of benzene rings is 1. The highest BCUT2D eigenvalue weighted by Crippen LogP contribution is 2.39. The van der Waals surface area contributed by atoms with Crippen LogP contribution in [-0.4, -0.2) is 8.58 Å². The molecule has 0 atom stereocenters. The molecule has 2 rings (SSSR count). The molecule has 0 saturated carbocycles. The van der Waals surface area contributed by atoms with Gasteiger partial charge in [-0.1, -0.05) is 46.9 Å². The van der Waals surface area contributed by atoms with Gasteiger partial charge in [-0.05, 0) is 12.1 Å². The predicted octanol–water partition coefficient (Wildman–Crippen LogP) is 4.02. The lowest BCUT2D eigenvalue weighted by molar-refractivity contribution is 1.02. The van der Waals surface area contributed by atoms with E-state index in [-0.39, 0.29) is 0 Å². The number of imidazole rings is 1. The van der Waals surface area contributed by atoms with E-state index in [1.165, 1.54) is 0 Å². The molecule has 0 aliphatic heterocycles. The lowest BCUT2D eigenvalue weighted by atomic mass is 10.3. The zero-order valence-corrected chi connectivity index (χ0v) is 10.6. The van der Waals surface area contributed by atoms with Crippen molar-refractivity contribution in [2.75, 3.05) is 0 Å². The summed E-state index contributed by atoms with van der Waals surface area (Å²) in [5, 5.41) is 0. The molecule has 0 saturated heterocycles. The van der Waals surface area contributed by atoms with Crippen LogP contribution in [0, 0.1) is 0 Å². The van der Waals surface area contributed by atoms with Gasteiger partial charge >= 0.3 is 0 Å². The summed E-state index contributed by atoms with van der Waals surface area (Å²) in [6.07, 6.45) is 0. The van der Waals surface area contributed by atoms with Crippen LogP contribution in [0.4, 0.5) is 0 Å². The fourth-order valence-corrected chi connectivity index (χ4v) is 2.50. The first-order chi connectivity index (χ1) is 6.50. The first-order valence-corrected chi connectivity index (χ1v) is 5.55. The normalized spacial score (nSPS) is 12.3. The SMILES string of the molecule is ClC(Cl)(Cl)c1nc2ccccc2n1Br. The van der Waals surface area contributed by atoms with Crippen molar-refractivity contribution in [3.63, 3.8) is 0 Å². The molecule has 0 radical (unpaired) electrons. The second-order valence-corrected chi connectivity index (χ2v) is 5.69. The molecule has 74 valence electrons. The van der Waals surface area contributed by atoms with Gasteiger partial charge in [0.05, 0.1) is 27.2 Å². The third-order valence-electron chi connectivity index (χ3n) is 1.76. The molecule has 2 aromatic rings. The quantitative estimate of drug-likeness (QED) is 0.672. The van der Waals surface area contributed by atoms with Gasteiger partial charge in [0.25, 0.3) is 0 Å². The van der Waals surface area contributed by atoms with Crippen LogP contribution >= 0.6 is 51.0 Å². The van der Waals surface area contributed by atoms with E-state index in [0.29, 0.717) is 5.82 Å². The molecular weight excluding hydrogens is 310 g/mol. The van der Waals surface area contributed by atoms with Crippen LogP contribution in [-0.2, 0) is 3.79 Å². The minimum atomic E-state index is -1.53. The highest BCUT2D eigenvalue weighted by atomic mass is 79.9. The van der Waals surface area contributed by atoms with Crippen LogP contribution < -0.4 is 0 Å². The van der Waals surface area contributed by atoms with E-state index in [2.05, 4.69) is 21.1 Å². The van der Waals surface area contributed by atoms with Crippen molar-refractivity contribution in [3.8, 4) is 0 Å². The first kappa shape index (κ1) is 10.6. The number of nitrogens with zero attached hydrogens (tertiary/aromatic N) is 2. The summed E-state index contributed by atoms with van der Waals surface area (Å²) >= 11 is 20.5. The van der Waals surface area contributed by atoms with Crippen molar-refractivity contribution in [2.24, 2.45) is 0 Å². The Bertz CT molecular complexity index is 475. The van der Waals surface area contributed by atoms with E-state index in [4.69, 9.17) is 34.8 Å². The minimum absolute atomic E-state index is 0.351. The van der Waals surface area contributed by atoms with Gasteiger partial charge in [-0.25, -0.2) is 4.98 Å². The maximum absolute atomic E-state index is 5.75. The molecule has 1 heterocycles. The predicted molar refractivity (Wildman–Crippen MR) is 63.3 cm³/mol. The Morgan fingerprint density at radius 2 is 1.86 bits per heavy atom. The summed E-state index contributed by atoms with van der Waals surface area (Å²) in [5.74, 6) is 0.351. The van der Waals surface area contributed by atoms with E-state index in [0.717, 1.165) is 11.0 Å². The lowest BCUT2D eigenvalue weighted by Gasteiger charge is -2.08. The number of para-hydroxylation sites is 2. The summed E-state index contributed by atoms with van der Waals surface area (Å²) in [4.78, 5) is 4.20. The molecule has 0 spiro atoms. The molecule has 0 unspecified atom stereocenters. The lowest BCUT2D eigenvalue weighted by Crippen LogP contribution is -2.05. The number of hydrogen-bond acceptors (Lipinski definition) is 1. The summed E-state index contributed by atoms with van der Waals surface area (Å²) in [5.41, 5.74) is 1.65. The van der Waals surface area contributed by atoms with Crippen LogP contribution in [0.2, 0.25) is 0 Å². The summed E-state index contributed by atoms with van der Waals surface area (Å²) in [6.45, 7) is 0. The molecule has 0 bridgehead atoms. The fourth-order valence-electron chi connectivity index (χ4n) is 1.17. The monoisotopic (exact) mass is 312 g/mol. The van der Waals surface area contributed by atoms with Gasteiger partial charge in [-0.2, -0.15) is 0 Å². The number of aromatic nitrogens is 2. The maximum atomic E-state index is 5.75. The van der Waals surface area contributed by atoms with Crippen LogP contribution in [0.15, 0.2) is 24.3 Å². The molecule has 0 aliphatic carbocycles. The van der Waals surface area contributed by atoms with Gasteiger partial charge in [0.1, 0.15) is 0 Å². The van der Waals surface area contributed by atoms with E-state index in [9.17, 15) is 0 Å². The molecule has 0 amide bonds. The third kappa shape index (κ3) is 1.74. The number of alkyl halides is 3. The molecular formula is C8H4BrCl3N2. The average molecular weight is 314 g/mol. The second kappa shape index (κ2) is 3.56. The number of halogens is 4. The van der Waals surface area contributed by atoms with E-state index in [1.54, 1.807) is 3.59 Å². The van der Waals surface area contributed by atoms with E-state index < -0.39 is 3.79 Å². The van der Waals surface area contributed by atoms with Crippen molar-refractivity contribution < 1.29 is 0 Å². The molecule has 2 nitrogen and oxygen atoms in total. The Balaban J connectivity index is 2.75. The van der Waals surface area contributed by atoms with Crippen molar-refractivity contribution in [2.45, 2.75) is 3.79 Å². The minimum Gasteiger partial charge on any atom is -0.258 e. The molecule has 6 heteroatoms. The average Bonchev–Trinajstić information content (AvgIpc) is 2.44. The zero-order valence-electron chi connectivity index (χ0n) is 6.72. The smallest absolute Gasteiger partial charge is 0.249 e. The van der Waals surface area contributed by atoms with Crippen LogP contribution in [0.3, 0.4) is 0 Å². The van der Waals surface area contributed by atoms with Gasteiger partial charge in [-0.15, -0.1) is 0 Å². The van der Waals surface area contributed by atoms with Crippen LogP contribution in [0.5, 0.6) is 0 Å². The van der Waals surface area contributed by atoms with Gasteiger partial charge in [0.15, 0.2) is 5.82 Å². The molecule has 0 fully saturated rings. The number of hydrogen-bond donors (Lipinski definition) is 0. The van der Waals surface area contributed by atoms with Gasteiger partial charge in [-0.3, -0.25) is 3.59 Å². The number of fused-ring (bicyclic) bond motifs is 1. The highest BCUT2D eigenvalue weighted by molar-refractivity contribution is 9.08. The zero-order chi connectivity index (χ0) is 10.3. The summed E-state index contributed by atoms with van der Waals surface area (Å²) in [7, 11) is 0. The van der Waals surface area contributed by atoms with Crippen molar-refractivity contribution >= 4 is 62.0 Å². The fraction of sp³-hybridized carbons (Fsp3) is 0.125. The highest BCUT2D eigenvalue weighted by Gasteiger charge is 2.29. The van der Waals surface area contributed by atoms with Crippen molar-refractivity contribution in [1.29, 1.82) is 0 Å². The van der Waals surface area contributed by atoms with Crippen molar-refractivity contribution in [3.05, 3.63) is 30.1 Å². The number of rotatable bonds is 0. The van der Waals surface area contributed by atoms with E-state index >= 15 is 0 Å². The topological polar surface area (TPSA) is 17.8 Å². The Hall–Kier alpha value is 0.0400. The van der Waals surface area contributed by atoms with Crippen LogP contribution in [0.1, 0.15) is 5.82 Å². The molecule has 1 aromatic heterocycles. The standard InChI is InChI=1S/C8H4BrCl3N2/c9-14-6-4-2-1-3-5(6)13-7(14)8(10,11)12/h1-4H. The molecule has 0 aliphatic rings. The second-order valence-electron chi connectivity index (χ2n) is 2.70. The van der Waals surface area contributed by atoms with Gasteiger partial charge in [0, 0.05) is 0 Å². The molecule has 0 N–H and O–H groups in total. The van der Waals surface area contributed by atoms with Crippen molar-refractivity contribution in [1.82, 2.24) is 8.58 Å². The largest absolute Gasteiger partial charge is 0.258 e. The Morgan fingerprint density at radius 1 is 1.21 bits per heavy atom. The summed E-state index contributed by atoms with van der Waals surface area (Å²) < 4.78 is 0.0673. The Labute approximate surface area is 104 Å². The third-order valence-corrected chi connectivity index (χ3v) is 2.98. The Kier molecular flexibility index (Phi) is 2.68.